The lowest BCUT2D eigenvalue weighted by molar-refractivity contribution is -0.151. The van der Waals surface area contributed by atoms with E-state index in [1.807, 2.05) is 0 Å². The molecule has 32 heavy (non-hydrogen) atoms. The number of carboxylic acids is 1. The van der Waals surface area contributed by atoms with Crippen molar-refractivity contribution in [3.8, 4) is 5.75 Å². The predicted octanol–water partition coefficient (Wildman–Crippen LogP) is 0.618. The molecule has 2 bridgehead atoms. The molecule has 5 rings (SSSR count). The lowest BCUT2D eigenvalue weighted by atomic mass is 9.77. The monoisotopic (exact) mass is 444 g/mol. The summed E-state index contributed by atoms with van der Waals surface area (Å²) in [5.74, 6) is -4.83. The number of hydrogen-bond donors (Lipinski definition) is 4. The van der Waals surface area contributed by atoms with Crippen LogP contribution in [0.5, 0.6) is 5.75 Å². The first-order valence-corrected chi connectivity index (χ1v) is 10.1. The number of amides is 2. The smallest absolute Gasteiger partial charge is 0.394 e. The number of hydrogen-bond acceptors (Lipinski definition) is 6. The van der Waals surface area contributed by atoms with Gasteiger partial charge in [0.25, 0.3) is 11.5 Å². The Bertz CT molecular complexity index is 1150. The Hall–Kier alpha value is -3.76. The maximum absolute atomic E-state index is 13.1. The summed E-state index contributed by atoms with van der Waals surface area (Å²) in [7, 11) is 0. The number of fused-ring (bicyclic) bond motifs is 2. The van der Waals surface area contributed by atoms with E-state index >= 15 is 0 Å². The van der Waals surface area contributed by atoms with E-state index < -0.39 is 46.1 Å². The van der Waals surface area contributed by atoms with E-state index in [9.17, 15) is 28.7 Å². The number of nitrogens with one attached hydrogen (secondary N) is 2. The fourth-order valence-corrected chi connectivity index (χ4v) is 4.39. The number of aliphatic carboxylic acids is 1. The number of rotatable bonds is 4. The van der Waals surface area contributed by atoms with Crippen LogP contribution < -0.4 is 16.2 Å². The minimum atomic E-state index is -1.67. The zero-order valence-corrected chi connectivity index (χ0v) is 16.9. The second-order valence-electron chi connectivity index (χ2n) is 8.14. The van der Waals surface area contributed by atoms with Crippen molar-refractivity contribution in [2.75, 3.05) is 0 Å². The van der Waals surface area contributed by atoms with Crippen molar-refractivity contribution < 1.29 is 29.0 Å². The van der Waals surface area contributed by atoms with E-state index in [1.54, 1.807) is 0 Å². The summed E-state index contributed by atoms with van der Waals surface area (Å²) >= 11 is 0. The molecule has 1 fully saturated rings. The highest BCUT2D eigenvalue weighted by Gasteiger charge is 2.46. The van der Waals surface area contributed by atoms with Crippen molar-refractivity contribution in [2.24, 2.45) is 5.92 Å². The quantitative estimate of drug-likeness (QED) is 0.505. The van der Waals surface area contributed by atoms with Gasteiger partial charge in [0.05, 0.1) is 5.54 Å². The van der Waals surface area contributed by atoms with E-state index in [2.05, 4.69) is 15.6 Å². The lowest BCUT2D eigenvalue weighted by Gasteiger charge is -2.36. The molecule has 168 valence electrons. The lowest BCUT2D eigenvalue weighted by Crippen LogP contribution is -2.51. The maximum atomic E-state index is 13.1. The molecule has 0 saturated heterocycles. The SMILES string of the molecule is O=C(O)C(=O)NC12CCC(CC1)Cn1c2nc(C(=O)NCc2ccc(F)cc2)c(O)c1=O. The Balaban J connectivity index is 1.71. The normalized spacial score (nSPS) is 21.3. The Morgan fingerprint density at radius 3 is 2.47 bits per heavy atom. The summed E-state index contributed by atoms with van der Waals surface area (Å²) in [6.45, 7) is 0.249. The van der Waals surface area contributed by atoms with Gasteiger partial charge in [-0.1, -0.05) is 12.1 Å². The number of nitrogens with zero attached hydrogens (tertiary/aromatic N) is 2. The summed E-state index contributed by atoms with van der Waals surface area (Å²) in [5, 5.41) is 24.5. The molecule has 1 aromatic heterocycles. The van der Waals surface area contributed by atoms with Crippen LogP contribution in [-0.4, -0.2) is 37.5 Å². The zero-order valence-electron chi connectivity index (χ0n) is 16.9. The first kappa shape index (κ1) is 21.5. The third kappa shape index (κ3) is 3.81. The van der Waals surface area contributed by atoms with Gasteiger partial charge in [-0.3, -0.25) is 19.0 Å². The molecular formula is C21H21FN4O6. The standard InChI is InChI=1S/C21H21FN4O6/c22-13-3-1-11(2-4-13)9-23-16(28)14-15(27)18(30)26-10-12-5-7-21(8-6-12,20(26)24-14)25-17(29)19(31)32/h1-4,12,27H,5-10H2,(H,23,28)(H,25,29)(H,31,32). The van der Waals surface area contributed by atoms with Crippen LogP contribution in [0, 0.1) is 11.7 Å². The van der Waals surface area contributed by atoms with E-state index in [0.29, 0.717) is 31.2 Å². The summed E-state index contributed by atoms with van der Waals surface area (Å²) in [4.78, 5) is 53.0. The summed E-state index contributed by atoms with van der Waals surface area (Å²) in [5.41, 5.74) is -1.99. The van der Waals surface area contributed by atoms with Gasteiger partial charge in [0.15, 0.2) is 5.69 Å². The van der Waals surface area contributed by atoms with Gasteiger partial charge in [0.2, 0.25) is 5.75 Å². The number of benzene rings is 1. The first-order chi connectivity index (χ1) is 15.2. The molecule has 2 amide bonds. The molecule has 0 spiro atoms. The average Bonchev–Trinajstić information content (AvgIpc) is 3.01. The number of aromatic hydroxyl groups is 1. The predicted molar refractivity (Wildman–Crippen MR) is 107 cm³/mol. The molecule has 1 aromatic carbocycles. The topological polar surface area (TPSA) is 151 Å². The van der Waals surface area contributed by atoms with Gasteiger partial charge >= 0.3 is 11.9 Å². The van der Waals surface area contributed by atoms with Crippen LogP contribution in [0.25, 0.3) is 0 Å². The van der Waals surface area contributed by atoms with Gasteiger partial charge < -0.3 is 20.8 Å². The fraction of sp³-hybridized carbons (Fsp3) is 0.381. The minimum absolute atomic E-state index is 0.00161. The third-order valence-corrected chi connectivity index (χ3v) is 6.10. The summed E-state index contributed by atoms with van der Waals surface area (Å²) in [6, 6.07) is 5.42. The fourth-order valence-electron chi connectivity index (χ4n) is 4.39. The molecule has 0 atom stereocenters. The molecule has 1 aliphatic carbocycles. The van der Waals surface area contributed by atoms with Crippen LogP contribution in [0.1, 0.15) is 47.6 Å². The van der Waals surface area contributed by atoms with Crippen molar-refractivity contribution in [1.82, 2.24) is 20.2 Å². The molecule has 2 aliphatic heterocycles. The van der Waals surface area contributed by atoms with Crippen LogP contribution in [0.4, 0.5) is 4.39 Å². The van der Waals surface area contributed by atoms with Gasteiger partial charge in [-0.2, -0.15) is 0 Å². The highest BCUT2D eigenvalue weighted by Crippen LogP contribution is 2.42. The van der Waals surface area contributed by atoms with E-state index in [1.165, 1.54) is 28.8 Å². The van der Waals surface area contributed by atoms with Crippen LogP contribution in [0.15, 0.2) is 29.1 Å². The van der Waals surface area contributed by atoms with Crippen molar-refractivity contribution in [3.05, 3.63) is 57.5 Å². The third-order valence-electron chi connectivity index (χ3n) is 6.10. The van der Waals surface area contributed by atoms with Crippen molar-refractivity contribution >= 4 is 17.8 Å². The number of carbonyl (C=O) groups is 3. The molecule has 4 N–H and O–H groups in total. The molecule has 2 aromatic rings. The van der Waals surface area contributed by atoms with Gasteiger partial charge in [-0.15, -0.1) is 0 Å². The number of aromatic nitrogens is 2. The van der Waals surface area contributed by atoms with Crippen molar-refractivity contribution in [1.29, 1.82) is 0 Å². The zero-order chi connectivity index (χ0) is 23.0. The Morgan fingerprint density at radius 1 is 1.19 bits per heavy atom. The summed E-state index contributed by atoms with van der Waals surface area (Å²) in [6.07, 6.45) is 1.94. The average molecular weight is 444 g/mol. The van der Waals surface area contributed by atoms with Gasteiger partial charge in [-0.25, -0.2) is 14.2 Å². The second-order valence-corrected chi connectivity index (χ2v) is 8.14. The molecule has 11 heteroatoms. The highest BCUT2D eigenvalue weighted by molar-refractivity contribution is 6.31. The Labute approximate surface area is 181 Å². The summed E-state index contributed by atoms with van der Waals surface area (Å²) < 4.78 is 14.3. The number of carbonyl (C=O) groups excluding carboxylic acids is 2. The van der Waals surface area contributed by atoms with E-state index in [-0.39, 0.29) is 24.8 Å². The van der Waals surface area contributed by atoms with Gasteiger partial charge in [0.1, 0.15) is 11.6 Å². The van der Waals surface area contributed by atoms with Crippen molar-refractivity contribution in [2.45, 2.75) is 44.3 Å². The largest absolute Gasteiger partial charge is 0.501 e. The molecule has 3 aliphatic rings. The minimum Gasteiger partial charge on any atom is -0.501 e. The molecule has 1 saturated carbocycles. The second kappa shape index (κ2) is 8.06. The molecule has 3 heterocycles. The molecule has 10 nitrogen and oxygen atoms in total. The van der Waals surface area contributed by atoms with Crippen molar-refractivity contribution in [3.63, 3.8) is 0 Å². The molecule has 0 unspecified atom stereocenters. The highest BCUT2D eigenvalue weighted by atomic mass is 19.1. The number of halogens is 1. The van der Waals surface area contributed by atoms with Gasteiger partial charge in [0, 0.05) is 13.1 Å². The van der Waals surface area contributed by atoms with Crippen LogP contribution >= 0.6 is 0 Å². The van der Waals surface area contributed by atoms with Gasteiger partial charge in [-0.05, 0) is 49.3 Å². The van der Waals surface area contributed by atoms with E-state index in [0.717, 1.165) is 0 Å². The first-order valence-electron chi connectivity index (χ1n) is 10.1. The van der Waals surface area contributed by atoms with Crippen LogP contribution in [0.3, 0.4) is 0 Å². The number of carboxylic acid groups (broad SMARTS) is 1. The molecular weight excluding hydrogens is 423 g/mol. The van der Waals surface area contributed by atoms with E-state index in [4.69, 9.17) is 5.11 Å². The Kier molecular flexibility index (Phi) is 5.41. The van der Waals surface area contributed by atoms with Crippen LogP contribution in [-0.2, 0) is 28.2 Å². The van der Waals surface area contributed by atoms with Crippen LogP contribution in [0.2, 0.25) is 0 Å². The Morgan fingerprint density at radius 2 is 1.84 bits per heavy atom. The maximum Gasteiger partial charge on any atom is 0.394 e. The molecule has 0 radical (unpaired) electrons.